The van der Waals surface area contributed by atoms with Crippen molar-refractivity contribution in [1.29, 1.82) is 0 Å². The summed E-state index contributed by atoms with van der Waals surface area (Å²) < 4.78 is 1.06. The third-order valence-corrected chi connectivity index (χ3v) is 5.08. The molecule has 4 aromatic rings. The van der Waals surface area contributed by atoms with Gasteiger partial charge in [0.25, 0.3) is 0 Å². The lowest BCUT2D eigenvalue weighted by atomic mass is 10.1. The number of benzene rings is 3. The smallest absolute Gasteiger partial charge is 0.166 e. The van der Waals surface area contributed by atoms with Gasteiger partial charge in [-0.3, -0.25) is 0 Å². The topological polar surface area (TPSA) is 28.7 Å². The summed E-state index contributed by atoms with van der Waals surface area (Å²) in [7, 11) is 0. The summed E-state index contributed by atoms with van der Waals surface area (Å²) >= 11 is 5.23. The first-order valence-corrected chi connectivity index (χ1v) is 8.82. The molecule has 0 saturated heterocycles. The lowest BCUT2D eigenvalue weighted by Gasteiger charge is -2.04. The van der Waals surface area contributed by atoms with E-state index in [0.717, 1.165) is 26.4 Å². The number of halogens is 1. The van der Waals surface area contributed by atoms with Crippen LogP contribution in [0.15, 0.2) is 70.3 Å². The summed E-state index contributed by atoms with van der Waals surface area (Å²) in [6.45, 7) is 0. The minimum Gasteiger partial charge on any atom is -0.333 e. The van der Waals surface area contributed by atoms with Gasteiger partial charge in [-0.15, -0.1) is 0 Å². The summed E-state index contributed by atoms with van der Waals surface area (Å²) in [5.74, 6) is 0.905. The zero-order valence-electron chi connectivity index (χ0n) is 11.7. The summed E-state index contributed by atoms with van der Waals surface area (Å²) in [5.41, 5.74) is 3.41. The van der Waals surface area contributed by atoms with Crippen molar-refractivity contribution in [2.75, 3.05) is 0 Å². The van der Waals surface area contributed by atoms with Gasteiger partial charge in [-0.1, -0.05) is 70.2 Å². The standard InChI is InChI=1S/C18H13BrN2S/c19-14-8-9-16-17(10-14)21-18(20-16)22-11-13-6-3-5-12-4-1-2-7-15(12)13/h1-10H,11H2,(H,20,21). The molecule has 4 rings (SSSR count). The van der Waals surface area contributed by atoms with Crippen molar-refractivity contribution < 1.29 is 0 Å². The van der Waals surface area contributed by atoms with Crippen LogP contribution in [-0.2, 0) is 5.75 Å². The average molecular weight is 369 g/mol. The van der Waals surface area contributed by atoms with Crippen LogP contribution in [-0.4, -0.2) is 9.97 Å². The van der Waals surface area contributed by atoms with E-state index in [1.54, 1.807) is 11.8 Å². The maximum absolute atomic E-state index is 4.64. The highest BCUT2D eigenvalue weighted by Gasteiger charge is 2.06. The van der Waals surface area contributed by atoms with Crippen LogP contribution in [0.3, 0.4) is 0 Å². The van der Waals surface area contributed by atoms with E-state index in [1.165, 1.54) is 16.3 Å². The molecule has 1 aromatic heterocycles. The molecule has 0 amide bonds. The SMILES string of the molecule is Brc1ccc2nc(SCc3cccc4ccccc34)[nH]c2c1. The third-order valence-electron chi connectivity index (χ3n) is 3.67. The molecule has 0 spiro atoms. The number of fused-ring (bicyclic) bond motifs is 2. The van der Waals surface area contributed by atoms with E-state index in [2.05, 4.69) is 74.4 Å². The molecule has 3 aromatic carbocycles. The van der Waals surface area contributed by atoms with Gasteiger partial charge in [-0.05, 0) is 34.5 Å². The summed E-state index contributed by atoms with van der Waals surface area (Å²) in [4.78, 5) is 8.01. The molecule has 0 radical (unpaired) electrons. The van der Waals surface area contributed by atoms with E-state index in [1.807, 2.05) is 12.1 Å². The van der Waals surface area contributed by atoms with Crippen molar-refractivity contribution in [2.45, 2.75) is 10.9 Å². The van der Waals surface area contributed by atoms with Crippen LogP contribution in [0.2, 0.25) is 0 Å². The number of hydrogen-bond donors (Lipinski definition) is 1. The Labute approximate surface area is 141 Å². The van der Waals surface area contributed by atoms with Gasteiger partial charge in [-0.2, -0.15) is 0 Å². The van der Waals surface area contributed by atoms with Crippen molar-refractivity contribution in [3.63, 3.8) is 0 Å². The Morgan fingerprint density at radius 2 is 1.86 bits per heavy atom. The van der Waals surface area contributed by atoms with Gasteiger partial charge in [0.2, 0.25) is 0 Å². The molecule has 2 nitrogen and oxygen atoms in total. The average Bonchev–Trinajstić information content (AvgIpc) is 2.95. The fourth-order valence-electron chi connectivity index (χ4n) is 2.59. The Balaban J connectivity index is 1.62. The Morgan fingerprint density at radius 1 is 1.00 bits per heavy atom. The minimum atomic E-state index is 0.905. The number of nitrogens with one attached hydrogen (secondary N) is 1. The van der Waals surface area contributed by atoms with E-state index >= 15 is 0 Å². The fraction of sp³-hybridized carbons (Fsp3) is 0.0556. The molecule has 0 aliphatic heterocycles. The first-order valence-electron chi connectivity index (χ1n) is 7.04. The molecule has 108 valence electrons. The summed E-state index contributed by atoms with van der Waals surface area (Å²) in [5, 5.41) is 3.56. The van der Waals surface area contributed by atoms with Crippen molar-refractivity contribution in [3.8, 4) is 0 Å². The number of aromatic amines is 1. The molecule has 0 atom stereocenters. The summed E-state index contributed by atoms with van der Waals surface area (Å²) in [6, 6.07) is 21.1. The molecule has 0 bridgehead atoms. The largest absolute Gasteiger partial charge is 0.333 e. The second kappa shape index (κ2) is 5.78. The van der Waals surface area contributed by atoms with Crippen LogP contribution in [0.5, 0.6) is 0 Å². The molecule has 0 saturated carbocycles. The van der Waals surface area contributed by atoms with Gasteiger partial charge >= 0.3 is 0 Å². The van der Waals surface area contributed by atoms with Crippen molar-refractivity contribution >= 4 is 49.5 Å². The van der Waals surface area contributed by atoms with Crippen molar-refractivity contribution in [1.82, 2.24) is 9.97 Å². The Kier molecular flexibility index (Phi) is 3.64. The Hall–Kier alpha value is -1.78. The quantitative estimate of drug-likeness (QED) is 0.465. The molecule has 1 heterocycles. The molecular weight excluding hydrogens is 356 g/mol. The van der Waals surface area contributed by atoms with Crippen molar-refractivity contribution in [3.05, 3.63) is 70.7 Å². The second-order valence-electron chi connectivity index (χ2n) is 5.13. The molecule has 0 fully saturated rings. The number of nitrogens with zero attached hydrogens (tertiary/aromatic N) is 1. The number of imidazole rings is 1. The van der Waals surface area contributed by atoms with Gasteiger partial charge in [-0.25, -0.2) is 4.98 Å². The van der Waals surface area contributed by atoms with Gasteiger partial charge in [0.1, 0.15) is 0 Å². The lowest BCUT2D eigenvalue weighted by Crippen LogP contribution is -1.84. The minimum absolute atomic E-state index is 0.905. The summed E-state index contributed by atoms with van der Waals surface area (Å²) in [6.07, 6.45) is 0. The molecule has 1 N–H and O–H groups in total. The molecule has 0 unspecified atom stereocenters. The van der Waals surface area contributed by atoms with Gasteiger partial charge in [0.05, 0.1) is 11.0 Å². The van der Waals surface area contributed by atoms with Crippen LogP contribution < -0.4 is 0 Å². The number of H-pyrrole nitrogens is 1. The number of thioether (sulfide) groups is 1. The second-order valence-corrected chi connectivity index (χ2v) is 7.01. The predicted octanol–water partition coefficient (Wildman–Crippen LogP) is 5.77. The molecule has 4 heteroatoms. The van der Waals surface area contributed by atoms with E-state index in [0.29, 0.717) is 0 Å². The van der Waals surface area contributed by atoms with E-state index in [4.69, 9.17) is 0 Å². The van der Waals surface area contributed by atoms with E-state index in [9.17, 15) is 0 Å². The highest BCUT2D eigenvalue weighted by Crippen LogP contribution is 2.28. The fourth-order valence-corrected chi connectivity index (χ4v) is 3.84. The first kappa shape index (κ1) is 13.9. The maximum atomic E-state index is 4.64. The van der Waals surface area contributed by atoms with E-state index < -0.39 is 0 Å². The van der Waals surface area contributed by atoms with Crippen LogP contribution in [0.4, 0.5) is 0 Å². The molecule has 0 aliphatic carbocycles. The highest BCUT2D eigenvalue weighted by atomic mass is 79.9. The number of aromatic nitrogens is 2. The normalized spacial score (nSPS) is 11.3. The maximum Gasteiger partial charge on any atom is 0.166 e. The van der Waals surface area contributed by atoms with E-state index in [-0.39, 0.29) is 0 Å². The van der Waals surface area contributed by atoms with Gasteiger partial charge in [0.15, 0.2) is 5.16 Å². The number of rotatable bonds is 3. The Bertz CT molecular complexity index is 956. The van der Waals surface area contributed by atoms with Gasteiger partial charge < -0.3 is 4.98 Å². The zero-order valence-corrected chi connectivity index (χ0v) is 14.1. The van der Waals surface area contributed by atoms with Crippen LogP contribution in [0, 0.1) is 0 Å². The monoisotopic (exact) mass is 368 g/mol. The predicted molar refractivity (Wildman–Crippen MR) is 97.3 cm³/mol. The molecular formula is C18H13BrN2S. The third kappa shape index (κ3) is 2.64. The van der Waals surface area contributed by atoms with Crippen LogP contribution >= 0.6 is 27.7 Å². The molecule has 0 aliphatic rings. The highest BCUT2D eigenvalue weighted by molar-refractivity contribution is 9.10. The van der Waals surface area contributed by atoms with Crippen LogP contribution in [0.1, 0.15) is 5.56 Å². The van der Waals surface area contributed by atoms with Gasteiger partial charge in [0, 0.05) is 10.2 Å². The first-order chi connectivity index (χ1) is 10.8. The molecule has 22 heavy (non-hydrogen) atoms. The Morgan fingerprint density at radius 3 is 2.82 bits per heavy atom. The zero-order chi connectivity index (χ0) is 14.9. The lowest BCUT2D eigenvalue weighted by molar-refractivity contribution is 1.08. The number of hydrogen-bond acceptors (Lipinski definition) is 2. The van der Waals surface area contributed by atoms with Crippen molar-refractivity contribution in [2.24, 2.45) is 0 Å². The van der Waals surface area contributed by atoms with Crippen LogP contribution in [0.25, 0.3) is 21.8 Å².